The van der Waals surface area contributed by atoms with Crippen LogP contribution in [-0.4, -0.2) is 22.4 Å². The van der Waals surface area contributed by atoms with Crippen LogP contribution in [0.4, 0.5) is 19.0 Å². The van der Waals surface area contributed by atoms with E-state index in [4.69, 9.17) is 22.1 Å². The molecule has 1 aromatic carbocycles. The molecule has 2 N–H and O–H groups in total. The van der Waals surface area contributed by atoms with Crippen molar-refractivity contribution in [1.82, 2.24) is 9.78 Å². The first-order valence-electron chi connectivity index (χ1n) is 8.99. The number of rotatable bonds is 8. The van der Waals surface area contributed by atoms with Gasteiger partial charge in [-0.3, -0.25) is 4.79 Å². The molecule has 0 saturated heterocycles. The van der Waals surface area contributed by atoms with Crippen LogP contribution in [0.3, 0.4) is 0 Å². The van der Waals surface area contributed by atoms with Gasteiger partial charge in [0, 0.05) is 0 Å². The lowest BCUT2D eigenvalue weighted by molar-refractivity contribution is -0.143. The molecule has 0 saturated carbocycles. The third-order valence-corrected chi connectivity index (χ3v) is 4.50. The molecule has 29 heavy (non-hydrogen) atoms. The molecule has 0 aliphatic heterocycles. The van der Waals surface area contributed by atoms with Crippen LogP contribution in [0.2, 0.25) is 5.02 Å². The first-order chi connectivity index (χ1) is 13.7. The number of ether oxygens (including phenoxy) is 1. The van der Waals surface area contributed by atoms with Crippen LogP contribution < -0.4 is 5.73 Å². The van der Waals surface area contributed by atoms with Crippen molar-refractivity contribution in [1.29, 1.82) is 5.26 Å². The van der Waals surface area contributed by atoms with Gasteiger partial charge in [-0.05, 0) is 24.6 Å². The highest BCUT2D eigenvalue weighted by Gasteiger charge is 2.31. The van der Waals surface area contributed by atoms with E-state index in [1.165, 1.54) is 0 Å². The minimum Gasteiger partial charge on any atom is -0.465 e. The van der Waals surface area contributed by atoms with Gasteiger partial charge in [-0.2, -0.15) is 18.4 Å². The van der Waals surface area contributed by atoms with Crippen molar-refractivity contribution in [2.75, 3.05) is 12.3 Å². The van der Waals surface area contributed by atoms with Crippen LogP contribution in [0.25, 0.3) is 5.69 Å². The van der Waals surface area contributed by atoms with E-state index >= 15 is 0 Å². The van der Waals surface area contributed by atoms with Gasteiger partial charge in [0.2, 0.25) is 0 Å². The van der Waals surface area contributed by atoms with Crippen molar-refractivity contribution in [3.63, 3.8) is 0 Å². The van der Waals surface area contributed by atoms with Crippen LogP contribution >= 0.6 is 11.6 Å². The molecule has 0 fully saturated rings. The summed E-state index contributed by atoms with van der Waals surface area (Å²) < 4.78 is 44.9. The number of carbonyl (C=O) groups excluding carboxylic acids is 1. The van der Waals surface area contributed by atoms with Crippen molar-refractivity contribution in [3.8, 4) is 11.8 Å². The maximum Gasteiger partial charge on any atom is 0.416 e. The van der Waals surface area contributed by atoms with Gasteiger partial charge in [-0.15, -0.1) is 5.10 Å². The highest BCUT2D eigenvalue weighted by molar-refractivity contribution is 6.32. The number of anilines is 1. The second kappa shape index (κ2) is 9.65. The Balaban J connectivity index is 2.29. The van der Waals surface area contributed by atoms with E-state index in [-0.39, 0.29) is 40.8 Å². The molecule has 0 aliphatic carbocycles. The number of aromatic nitrogens is 2. The Kier molecular flexibility index (Phi) is 7.51. The van der Waals surface area contributed by atoms with Gasteiger partial charge in [0.15, 0.2) is 5.82 Å². The summed E-state index contributed by atoms with van der Waals surface area (Å²) in [7, 11) is 0. The summed E-state index contributed by atoms with van der Waals surface area (Å²) in [5, 5.41) is 13.1. The number of carbonyl (C=O) groups is 1. The first kappa shape index (κ1) is 22.6. The van der Waals surface area contributed by atoms with Gasteiger partial charge in [-0.25, -0.2) is 4.68 Å². The first-order valence-corrected chi connectivity index (χ1v) is 9.37. The van der Waals surface area contributed by atoms with Crippen LogP contribution in [0.1, 0.15) is 49.4 Å². The number of unbranched alkanes of at least 4 members (excludes halogenated alkanes) is 3. The molecule has 156 valence electrons. The van der Waals surface area contributed by atoms with Crippen LogP contribution in [0.5, 0.6) is 0 Å². The predicted molar refractivity (Wildman–Crippen MR) is 102 cm³/mol. The van der Waals surface area contributed by atoms with Crippen molar-refractivity contribution >= 4 is 23.4 Å². The van der Waals surface area contributed by atoms with E-state index < -0.39 is 17.7 Å². The van der Waals surface area contributed by atoms with E-state index in [2.05, 4.69) is 12.0 Å². The molecule has 0 spiro atoms. The summed E-state index contributed by atoms with van der Waals surface area (Å²) in [6.07, 6.45) is -1.15. The van der Waals surface area contributed by atoms with Gasteiger partial charge < -0.3 is 10.5 Å². The molecule has 6 nitrogen and oxygen atoms in total. The quantitative estimate of drug-likeness (QED) is 0.487. The monoisotopic (exact) mass is 428 g/mol. The third kappa shape index (κ3) is 5.64. The summed E-state index contributed by atoms with van der Waals surface area (Å²) >= 11 is 6.01. The maximum atomic E-state index is 12.9. The smallest absolute Gasteiger partial charge is 0.416 e. The van der Waals surface area contributed by atoms with Crippen molar-refractivity contribution in [2.24, 2.45) is 0 Å². The number of nitriles is 1. The van der Waals surface area contributed by atoms with Gasteiger partial charge >= 0.3 is 12.1 Å². The lowest BCUT2D eigenvalue weighted by atomic mass is 10.1. The predicted octanol–water partition coefficient (Wildman–Crippen LogP) is 4.66. The van der Waals surface area contributed by atoms with Gasteiger partial charge in [0.25, 0.3) is 0 Å². The summed E-state index contributed by atoms with van der Waals surface area (Å²) in [6.45, 7) is 2.30. The van der Waals surface area contributed by atoms with E-state index in [1.54, 1.807) is 0 Å². The standard InChI is InChI=1S/C19H20ClF3N4O2/c1-2-3-4-5-8-29-17(28)10-16-13(11-24)18(25)26-27(16)15-7-6-12(9-14(15)20)19(21,22)23/h6-7,9H,2-5,8,10H2,1H3,(H2,25,26). The molecule has 10 heteroatoms. The fourth-order valence-corrected chi connectivity index (χ4v) is 2.97. The Morgan fingerprint density at radius 2 is 2.07 bits per heavy atom. The molecule has 1 aromatic heterocycles. The Bertz CT molecular complexity index is 919. The lowest BCUT2D eigenvalue weighted by Gasteiger charge is -2.12. The molecule has 2 aromatic rings. The normalized spacial score (nSPS) is 11.3. The molecule has 0 aliphatic rings. The van der Waals surface area contributed by atoms with Crippen LogP contribution in [0, 0.1) is 11.3 Å². The summed E-state index contributed by atoms with van der Waals surface area (Å²) in [5.41, 5.74) is 4.93. The molecule has 1 heterocycles. The van der Waals surface area contributed by atoms with Gasteiger partial charge in [0.1, 0.15) is 11.6 Å². The summed E-state index contributed by atoms with van der Waals surface area (Å²) in [5.74, 6) is -0.753. The van der Waals surface area contributed by atoms with Crippen molar-refractivity contribution < 1.29 is 22.7 Å². The number of nitrogen functional groups attached to an aromatic ring is 1. The zero-order valence-electron chi connectivity index (χ0n) is 15.7. The van der Waals surface area contributed by atoms with E-state index in [0.29, 0.717) is 0 Å². The lowest BCUT2D eigenvalue weighted by Crippen LogP contribution is -2.14. The summed E-state index contributed by atoms with van der Waals surface area (Å²) in [6, 6.07) is 4.55. The molecule has 0 bridgehead atoms. The SMILES string of the molecule is CCCCCCOC(=O)Cc1c(C#N)c(N)nn1-c1ccc(C(F)(F)F)cc1Cl. The minimum atomic E-state index is -4.56. The molecule has 0 amide bonds. The zero-order valence-corrected chi connectivity index (χ0v) is 16.5. The zero-order chi connectivity index (χ0) is 21.6. The molecule has 0 radical (unpaired) electrons. The number of hydrogen-bond donors (Lipinski definition) is 1. The Morgan fingerprint density at radius 3 is 2.66 bits per heavy atom. The molecule has 2 rings (SSSR count). The average molecular weight is 429 g/mol. The number of nitrogens with zero attached hydrogens (tertiary/aromatic N) is 3. The maximum absolute atomic E-state index is 12.9. The van der Waals surface area contributed by atoms with E-state index in [0.717, 1.165) is 48.6 Å². The number of esters is 1. The number of halogens is 4. The third-order valence-electron chi connectivity index (χ3n) is 4.20. The molecule has 0 atom stereocenters. The Morgan fingerprint density at radius 1 is 1.34 bits per heavy atom. The Labute approximate surface area is 171 Å². The second-order valence-corrected chi connectivity index (χ2v) is 6.76. The topological polar surface area (TPSA) is 93.9 Å². The number of benzene rings is 1. The molecule has 0 unspecified atom stereocenters. The fraction of sp³-hybridized carbons (Fsp3) is 0.421. The van der Waals surface area contributed by atoms with Gasteiger partial charge in [0.05, 0.1) is 35.0 Å². The average Bonchev–Trinajstić information content (AvgIpc) is 2.95. The fourth-order valence-electron chi connectivity index (χ4n) is 2.71. The van der Waals surface area contributed by atoms with Crippen LogP contribution in [0.15, 0.2) is 18.2 Å². The largest absolute Gasteiger partial charge is 0.465 e. The van der Waals surface area contributed by atoms with Crippen molar-refractivity contribution in [2.45, 2.75) is 45.2 Å². The number of alkyl halides is 3. The molecular weight excluding hydrogens is 409 g/mol. The highest BCUT2D eigenvalue weighted by Crippen LogP contribution is 2.34. The summed E-state index contributed by atoms with van der Waals surface area (Å²) in [4.78, 5) is 12.2. The second-order valence-electron chi connectivity index (χ2n) is 6.35. The Hall–Kier alpha value is -2.73. The minimum absolute atomic E-state index is 0.0519. The van der Waals surface area contributed by atoms with Crippen LogP contribution in [-0.2, 0) is 22.1 Å². The van der Waals surface area contributed by atoms with E-state index in [9.17, 15) is 23.2 Å². The van der Waals surface area contributed by atoms with E-state index in [1.807, 2.05) is 6.07 Å². The number of hydrogen-bond acceptors (Lipinski definition) is 5. The molecular formula is C19H20ClF3N4O2. The number of nitrogens with two attached hydrogens (primary N) is 1. The van der Waals surface area contributed by atoms with Crippen molar-refractivity contribution in [3.05, 3.63) is 40.0 Å². The highest BCUT2D eigenvalue weighted by atomic mass is 35.5. The van der Waals surface area contributed by atoms with Gasteiger partial charge in [-0.1, -0.05) is 37.8 Å².